The second-order valence-electron chi connectivity index (χ2n) is 4.60. The van der Waals surface area contributed by atoms with Crippen molar-refractivity contribution in [3.05, 3.63) is 28.2 Å². The summed E-state index contributed by atoms with van der Waals surface area (Å²) in [5, 5.41) is 3.47. The van der Waals surface area contributed by atoms with Gasteiger partial charge in [-0.15, -0.1) is 0 Å². The van der Waals surface area contributed by atoms with E-state index >= 15 is 0 Å². The van der Waals surface area contributed by atoms with E-state index in [0.717, 1.165) is 17.6 Å². The highest BCUT2D eigenvalue weighted by Crippen LogP contribution is 2.39. The van der Waals surface area contributed by atoms with Gasteiger partial charge in [0.25, 0.3) is 0 Å². The predicted molar refractivity (Wildman–Crippen MR) is 69.0 cm³/mol. The van der Waals surface area contributed by atoms with Crippen LogP contribution in [0.3, 0.4) is 0 Å². The van der Waals surface area contributed by atoms with Gasteiger partial charge in [0, 0.05) is 29.2 Å². The van der Waals surface area contributed by atoms with Crippen LogP contribution < -0.4 is 5.32 Å². The second-order valence-corrected chi connectivity index (χ2v) is 5.52. The van der Waals surface area contributed by atoms with Gasteiger partial charge in [-0.2, -0.15) is 0 Å². The molecule has 0 amide bonds. The summed E-state index contributed by atoms with van der Waals surface area (Å²) in [6.07, 6.45) is 4.09. The molecule has 0 aliphatic carbocycles. The summed E-state index contributed by atoms with van der Waals surface area (Å²) in [5.74, 6) is 0.590. The molecule has 86 valence electrons. The Bertz CT molecular complexity index is 388. The lowest BCUT2D eigenvalue weighted by Crippen LogP contribution is -2.25. The highest BCUT2D eigenvalue weighted by molar-refractivity contribution is 9.10. The van der Waals surface area contributed by atoms with Crippen molar-refractivity contribution in [2.24, 2.45) is 0 Å². The van der Waals surface area contributed by atoms with Crippen molar-refractivity contribution >= 4 is 21.6 Å². The highest BCUT2D eigenvalue weighted by atomic mass is 79.9. The first-order chi connectivity index (χ1) is 7.84. The van der Waals surface area contributed by atoms with Gasteiger partial charge in [0.15, 0.2) is 0 Å². The lowest BCUT2D eigenvalue weighted by Gasteiger charge is -2.30. The predicted octanol–water partition coefficient (Wildman–Crippen LogP) is 3.53. The van der Waals surface area contributed by atoms with Crippen molar-refractivity contribution in [1.82, 2.24) is 0 Å². The summed E-state index contributed by atoms with van der Waals surface area (Å²) < 4.78 is 6.99. The van der Waals surface area contributed by atoms with E-state index in [1.165, 1.54) is 30.5 Å². The number of benzene rings is 1. The molecule has 0 saturated carbocycles. The normalized spacial score (nSPS) is 28.6. The molecule has 2 unspecified atom stereocenters. The number of nitrogens with one attached hydrogen (secondary N) is 1. The van der Waals surface area contributed by atoms with Crippen LogP contribution in [0.15, 0.2) is 22.7 Å². The third-order valence-electron chi connectivity index (χ3n) is 3.60. The number of ether oxygens (including phenoxy) is 1. The molecular formula is C13H16BrNO. The van der Waals surface area contributed by atoms with Gasteiger partial charge in [-0.3, -0.25) is 0 Å². The number of hydrogen-bond donors (Lipinski definition) is 1. The van der Waals surface area contributed by atoms with E-state index in [-0.39, 0.29) is 0 Å². The van der Waals surface area contributed by atoms with Crippen molar-refractivity contribution in [3.63, 3.8) is 0 Å². The third kappa shape index (κ3) is 1.87. The number of fused-ring (bicyclic) bond motifs is 1. The van der Waals surface area contributed by atoms with Crippen LogP contribution in [-0.2, 0) is 4.74 Å². The van der Waals surface area contributed by atoms with E-state index in [0.29, 0.717) is 12.0 Å². The second kappa shape index (κ2) is 4.38. The Morgan fingerprint density at radius 3 is 3.06 bits per heavy atom. The minimum atomic E-state index is 0.446. The molecule has 2 nitrogen and oxygen atoms in total. The van der Waals surface area contributed by atoms with Crippen LogP contribution in [0.2, 0.25) is 0 Å². The average Bonchev–Trinajstić information content (AvgIpc) is 2.81. The van der Waals surface area contributed by atoms with Crippen LogP contribution in [0.4, 0.5) is 5.69 Å². The van der Waals surface area contributed by atoms with Gasteiger partial charge in [-0.1, -0.05) is 22.0 Å². The Morgan fingerprint density at radius 2 is 2.25 bits per heavy atom. The average molecular weight is 282 g/mol. The maximum Gasteiger partial charge on any atom is 0.0645 e. The highest BCUT2D eigenvalue weighted by Gasteiger charge is 2.30. The molecule has 2 heterocycles. The Hall–Kier alpha value is -0.540. The van der Waals surface area contributed by atoms with E-state index in [4.69, 9.17) is 4.74 Å². The molecule has 0 aromatic heterocycles. The van der Waals surface area contributed by atoms with Gasteiger partial charge >= 0.3 is 0 Å². The molecule has 3 rings (SSSR count). The van der Waals surface area contributed by atoms with E-state index in [2.05, 4.69) is 39.4 Å². The Labute approximate surface area is 105 Å². The molecule has 0 radical (unpaired) electrons. The molecule has 0 spiro atoms. The summed E-state index contributed by atoms with van der Waals surface area (Å²) in [7, 11) is 0. The Morgan fingerprint density at radius 1 is 1.31 bits per heavy atom. The SMILES string of the molecule is Brc1ccc2c(c1)NCCC2C1CCCO1. The van der Waals surface area contributed by atoms with Crippen LogP contribution in [0.25, 0.3) is 0 Å². The maximum absolute atomic E-state index is 5.84. The number of rotatable bonds is 1. The lowest BCUT2D eigenvalue weighted by atomic mass is 9.85. The van der Waals surface area contributed by atoms with Crippen molar-refractivity contribution < 1.29 is 4.74 Å². The van der Waals surface area contributed by atoms with Crippen molar-refractivity contribution in [3.8, 4) is 0 Å². The van der Waals surface area contributed by atoms with Crippen LogP contribution >= 0.6 is 15.9 Å². The summed E-state index contributed by atoms with van der Waals surface area (Å²) in [6, 6.07) is 6.54. The number of halogens is 1. The molecule has 1 fully saturated rings. The Kier molecular flexibility index (Phi) is 2.90. The minimum Gasteiger partial charge on any atom is -0.385 e. The molecule has 2 aliphatic heterocycles. The fourth-order valence-electron chi connectivity index (χ4n) is 2.83. The van der Waals surface area contributed by atoms with Crippen molar-refractivity contribution in [1.29, 1.82) is 0 Å². The lowest BCUT2D eigenvalue weighted by molar-refractivity contribution is 0.0861. The molecule has 2 atom stereocenters. The van der Waals surface area contributed by atoms with Crippen LogP contribution in [0.1, 0.15) is 30.7 Å². The van der Waals surface area contributed by atoms with Crippen LogP contribution in [-0.4, -0.2) is 19.3 Å². The fraction of sp³-hybridized carbons (Fsp3) is 0.538. The van der Waals surface area contributed by atoms with Crippen LogP contribution in [0.5, 0.6) is 0 Å². The first-order valence-corrected chi connectivity index (χ1v) is 6.79. The first-order valence-electron chi connectivity index (χ1n) is 5.99. The van der Waals surface area contributed by atoms with E-state index in [1.807, 2.05) is 0 Å². The zero-order valence-electron chi connectivity index (χ0n) is 9.21. The molecule has 1 N–H and O–H groups in total. The van der Waals surface area contributed by atoms with E-state index < -0.39 is 0 Å². The van der Waals surface area contributed by atoms with Gasteiger partial charge in [0.1, 0.15) is 0 Å². The van der Waals surface area contributed by atoms with E-state index in [1.54, 1.807) is 0 Å². The smallest absolute Gasteiger partial charge is 0.0645 e. The zero-order chi connectivity index (χ0) is 11.0. The molecule has 1 saturated heterocycles. The van der Waals surface area contributed by atoms with Gasteiger partial charge in [0.2, 0.25) is 0 Å². The molecule has 1 aromatic carbocycles. The standard InChI is InChI=1S/C13H16BrNO/c14-9-3-4-10-11(13-2-1-7-16-13)5-6-15-12(10)8-9/h3-4,8,11,13,15H,1-2,5-7H2. The van der Waals surface area contributed by atoms with E-state index in [9.17, 15) is 0 Å². The Balaban J connectivity index is 1.93. The van der Waals surface area contributed by atoms with Crippen LogP contribution in [0, 0.1) is 0 Å². The minimum absolute atomic E-state index is 0.446. The molecular weight excluding hydrogens is 266 g/mol. The summed E-state index contributed by atoms with van der Waals surface area (Å²) in [4.78, 5) is 0. The summed E-state index contributed by atoms with van der Waals surface area (Å²) >= 11 is 3.52. The largest absolute Gasteiger partial charge is 0.385 e. The van der Waals surface area contributed by atoms with Crippen molar-refractivity contribution in [2.75, 3.05) is 18.5 Å². The summed E-state index contributed by atoms with van der Waals surface area (Å²) in [5.41, 5.74) is 2.71. The topological polar surface area (TPSA) is 21.3 Å². The molecule has 1 aromatic rings. The zero-order valence-corrected chi connectivity index (χ0v) is 10.8. The quantitative estimate of drug-likeness (QED) is 0.850. The number of anilines is 1. The van der Waals surface area contributed by atoms with Crippen molar-refractivity contribution in [2.45, 2.75) is 31.3 Å². The first kappa shape index (κ1) is 10.6. The van der Waals surface area contributed by atoms with Gasteiger partial charge in [-0.25, -0.2) is 0 Å². The molecule has 16 heavy (non-hydrogen) atoms. The van der Waals surface area contributed by atoms with Gasteiger partial charge < -0.3 is 10.1 Å². The molecule has 2 aliphatic rings. The maximum atomic E-state index is 5.84. The van der Waals surface area contributed by atoms with Gasteiger partial charge in [-0.05, 0) is 37.0 Å². The fourth-order valence-corrected chi connectivity index (χ4v) is 3.19. The third-order valence-corrected chi connectivity index (χ3v) is 4.09. The molecule has 0 bridgehead atoms. The van der Waals surface area contributed by atoms with Gasteiger partial charge in [0.05, 0.1) is 6.10 Å². The number of hydrogen-bond acceptors (Lipinski definition) is 2. The monoisotopic (exact) mass is 281 g/mol. The summed E-state index contributed by atoms with van der Waals surface area (Å²) in [6.45, 7) is 2.01. The molecule has 3 heteroatoms.